The van der Waals surface area contributed by atoms with E-state index in [-0.39, 0.29) is 16.8 Å². The van der Waals surface area contributed by atoms with Gasteiger partial charge in [0.15, 0.2) is 5.60 Å². The van der Waals surface area contributed by atoms with E-state index < -0.39 is 46.9 Å². The van der Waals surface area contributed by atoms with Crippen LogP contribution in [0.1, 0.15) is 37.2 Å². The maximum absolute atomic E-state index is 14.2. The molecule has 1 fully saturated rings. The molecule has 2 unspecified atom stereocenters. The molecule has 158 valence electrons. The summed E-state index contributed by atoms with van der Waals surface area (Å²) >= 11 is 0. The van der Waals surface area contributed by atoms with E-state index in [9.17, 15) is 23.2 Å². The minimum atomic E-state index is -1.39. The number of halogens is 2. The number of nitrogens with one attached hydrogen (secondary N) is 2. The van der Waals surface area contributed by atoms with Crippen LogP contribution in [-0.2, 0) is 9.53 Å². The number of H-pyrrole nitrogens is 1. The fourth-order valence-electron chi connectivity index (χ4n) is 4.15. The lowest BCUT2D eigenvalue weighted by molar-refractivity contribution is -0.136. The van der Waals surface area contributed by atoms with Crippen LogP contribution in [0.2, 0.25) is 0 Å². The number of amides is 2. The monoisotopic (exact) mass is 426 g/mol. The SMILES string of the molecule is CC1(C)OC(=O)N(C2c3n[nH]c(=O)c4cc(F)cc(c34)NC2c2ccc(F)cc2)C1=O. The first-order valence-corrected chi connectivity index (χ1v) is 9.48. The third-order valence-electron chi connectivity index (χ3n) is 5.57. The van der Waals surface area contributed by atoms with E-state index in [1.54, 1.807) is 0 Å². The van der Waals surface area contributed by atoms with E-state index in [2.05, 4.69) is 15.5 Å². The van der Waals surface area contributed by atoms with Gasteiger partial charge in [0, 0.05) is 11.1 Å². The molecule has 0 saturated carbocycles. The lowest BCUT2D eigenvalue weighted by Crippen LogP contribution is -2.44. The highest BCUT2D eigenvalue weighted by Crippen LogP contribution is 2.47. The van der Waals surface area contributed by atoms with Gasteiger partial charge in [0.05, 0.1) is 17.1 Å². The zero-order valence-corrected chi connectivity index (χ0v) is 16.4. The minimum absolute atomic E-state index is 0.0225. The topological polar surface area (TPSA) is 104 Å². The van der Waals surface area contributed by atoms with E-state index in [0.717, 1.165) is 11.0 Å². The molecule has 2 amide bonds. The first kappa shape index (κ1) is 19.2. The number of rotatable bonds is 2. The Bertz CT molecular complexity index is 1320. The maximum atomic E-state index is 14.2. The van der Waals surface area contributed by atoms with Crippen LogP contribution in [-0.4, -0.2) is 32.7 Å². The second-order valence-electron chi connectivity index (χ2n) is 7.99. The Balaban J connectivity index is 1.79. The number of cyclic esters (lactones) is 1. The van der Waals surface area contributed by atoms with E-state index in [0.29, 0.717) is 10.9 Å². The minimum Gasteiger partial charge on any atom is -0.433 e. The summed E-state index contributed by atoms with van der Waals surface area (Å²) in [6.07, 6.45) is -0.874. The van der Waals surface area contributed by atoms with Crippen molar-refractivity contribution in [2.45, 2.75) is 31.5 Å². The van der Waals surface area contributed by atoms with Crippen molar-refractivity contribution in [1.82, 2.24) is 15.1 Å². The average Bonchev–Trinajstić information content (AvgIpc) is 2.91. The van der Waals surface area contributed by atoms with Crippen LogP contribution < -0.4 is 10.9 Å². The van der Waals surface area contributed by atoms with Gasteiger partial charge in [-0.2, -0.15) is 5.10 Å². The molecule has 0 aliphatic carbocycles. The van der Waals surface area contributed by atoms with E-state index >= 15 is 0 Å². The van der Waals surface area contributed by atoms with Gasteiger partial charge >= 0.3 is 6.09 Å². The molecular weight excluding hydrogens is 410 g/mol. The van der Waals surface area contributed by atoms with Crippen LogP contribution in [0, 0.1) is 11.6 Å². The highest BCUT2D eigenvalue weighted by atomic mass is 19.1. The zero-order chi connectivity index (χ0) is 22.1. The smallest absolute Gasteiger partial charge is 0.418 e. The van der Waals surface area contributed by atoms with Gasteiger partial charge in [-0.15, -0.1) is 0 Å². The molecular formula is C21H16F2N4O4. The Morgan fingerprint density at radius 3 is 2.42 bits per heavy atom. The van der Waals surface area contributed by atoms with Crippen LogP contribution in [0.5, 0.6) is 0 Å². The summed E-state index contributed by atoms with van der Waals surface area (Å²) in [6, 6.07) is 5.88. The summed E-state index contributed by atoms with van der Waals surface area (Å²) in [5.41, 5.74) is -1.02. The van der Waals surface area contributed by atoms with Crippen LogP contribution in [0.4, 0.5) is 19.3 Å². The normalized spacial score (nSPS) is 21.9. The number of benzene rings is 2. The molecule has 2 N–H and O–H groups in total. The van der Waals surface area contributed by atoms with Crippen molar-refractivity contribution in [3.8, 4) is 0 Å². The van der Waals surface area contributed by atoms with Crippen molar-refractivity contribution < 1.29 is 23.1 Å². The van der Waals surface area contributed by atoms with Crippen LogP contribution in [0.3, 0.4) is 0 Å². The third kappa shape index (κ3) is 2.78. The van der Waals surface area contributed by atoms with Crippen molar-refractivity contribution in [2.24, 2.45) is 0 Å². The predicted octanol–water partition coefficient (Wildman–Crippen LogP) is 3.17. The van der Waals surface area contributed by atoms with Crippen molar-refractivity contribution >= 4 is 28.5 Å². The fraction of sp³-hybridized carbons (Fsp3) is 0.238. The number of carbonyl (C=O) groups is 2. The van der Waals surface area contributed by atoms with E-state index in [4.69, 9.17) is 4.74 Å². The number of hydrogen-bond acceptors (Lipinski definition) is 6. The average molecular weight is 426 g/mol. The lowest BCUT2D eigenvalue weighted by atomic mass is 9.88. The molecule has 0 spiro atoms. The molecule has 2 aromatic carbocycles. The Labute approximate surface area is 173 Å². The molecule has 10 heteroatoms. The molecule has 31 heavy (non-hydrogen) atoms. The fourth-order valence-corrected chi connectivity index (χ4v) is 4.15. The zero-order valence-electron chi connectivity index (χ0n) is 16.4. The summed E-state index contributed by atoms with van der Waals surface area (Å²) in [4.78, 5) is 39.0. The van der Waals surface area contributed by atoms with Crippen LogP contribution in [0.25, 0.3) is 10.8 Å². The number of anilines is 1. The molecule has 5 rings (SSSR count). The van der Waals surface area contributed by atoms with Crippen molar-refractivity contribution in [3.05, 3.63) is 69.6 Å². The molecule has 3 heterocycles. The lowest BCUT2D eigenvalue weighted by Gasteiger charge is -2.37. The van der Waals surface area contributed by atoms with Gasteiger partial charge in [-0.25, -0.2) is 23.6 Å². The number of carbonyl (C=O) groups excluding carboxylic acids is 2. The van der Waals surface area contributed by atoms with Gasteiger partial charge in [-0.3, -0.25) is 9.59 Å². The van der Waals surface area contributed by atoms with E-state index in [1.165, 1.54) is 44.2 Å². The van der Waals surface area contributed by atoms with Crippen LogP contribution in [0.15, 0.2) is 41.2 Å². The Morgan fingerprint density at radius 1 is 1.06 bits per heavy atom. The first-order chi connectivity index (χ1) is 14.7. The van der Waals surface area contributed by atoms with Crippen molar-refractivity contribution in [3.63, 3.8) is 0 Å². The summed E-state index contributed by atoms with van der Waals surface area (Å²) < 4.78 is 33.0. The number of imide groups is 1. The molecule has 1 aromatic heterocycles. The van der Waals surface area contributed by atoms with Crippen LogP contribution >= 0.6 is 0 Å². The summed E-state index contributed by atoms with van der Waals surface area (Å²) in [5, 5.41) is 9.86. The Morgan fingerprint density at radius 2 is 1.77 bits per heavy atom. The highest BCUT2D eigenvalue weighted by Gasteiger charge is 2.54. The quantitative estimate of drug-likeness (QED) is 0.652. The highest BCUT2D eigenvalue weighted by molar-refractivity contribution is 6.04. The Kier molecular flexibility index (Phi) is 3.92. The summed E-state index contributed by atoms with van der Waals surface area (Å²) in [7, 11) is 0. The third-order valence-corrected chi connectivity index (χ3v) is 5.57. The number of nitrogens with zero attached hydrogens (tertiary/aromatic N) is 2. The second-order valence-corrected chi connectivity index (χ2v) is 7.99. The summed E-state index contributed by atoms with van der Waals surface area (Å²) in [6.45, 7) is 2.94. The first-order valence-electron chi connectivity index (χ1n) is 9.48. The molecule has 2 aliphatic heterocycles. The summed E-state index contributed by atoms with van der Waals surface area (Å²) in [5.74, 6) is -1.71. The second kappa shape index (κ2) is 6.34. The van der Waals surface area contributed by atoms with Gasteiger partial charge in [-0.05, 0) is 43.7 Å². The van der Waals surface area contributed by atoms with Gasteiger partial charge in [0.1, 0.15) is 17.7 Å². The molecule has 0 radical (unpaired) electrons. The van der Waals surface area contributed by atoms with Gasteiger partial charge in [0.25, 0.3) is 11.5 Å². The molecule has 3 aromatic rings. The van der Waals surface area contributed by atoms with Crippen molar-refractivity contribution in [2.75, 3.05) is 5.32 Å². The molecule has 8 nitrogen and oxygen atoms in total. The van der Waals surface area contributed by atoms with E-state index in [1.807, 2.05) is 0 Å². The molecule has 1 saturated heterocycles. The Hall–Kier alpha value is -3.82. The maximum Gasteiger partial charge on any atom is 0.418 e. The van der Waals surface area contributed by atoms with Gasteiger partial charge < -0.3 is 10.1 Å². The predicted molar refractivity (Wildman–Crippen MR) is 105 cm³/mol. The number of aromatic amines is 1. The number of hydrogen-bond donors (Lipinski definition) is 2. The standard InChI is InChI=1S/C21H16F2N4O4/c1-21(2)19(29)27(20(30)31-21)17-15(9-3-5-10(22)6-4-9)24-13-8-11(23)7-12-14(13)16(17)25-26-18(12)28/h3-8,15,17,24H,1-2H3,(H,26,28). The number of aromatic nitrogens is 2. The molecule has 2 atom stereocenters. The molecule has 0 bridgehead atoms. The largest absolute Gasteiger partial charge is 0.433 e. The molecule has 2 aliphatic rings. The van der Waals surface area contributed by atoms with Crippen molar-refractivity contribution in [1.29, 1.82) is 0 Å². The number of ether oxygens (including phenoxy) is 1. The van der Waals surface area contributed by atoms with Gasteiger partial charge in [0.2, 0.25) is 0 Å². The van der Waals surface area contributed by atoms with Gasteiger partial charge in [-0.1, -0.05) is 12.1 Å².